The molecule has 2 aromatic carbocycles. The molecule has 3 aromatic rings. The van der Waals surface area contributed by atoms with Gasteiger partial charge in [0.2, 0.25) is 0 Å². The molecule has 1 aliphatic heterocycles. The molecule has 1 saturated heterocycles. The summed E-state index contributed by atoms with van der Waals surface area (Å²) >= 11 is 5.94. The van der Waals surface area contributed by atoms with Crippen molar-refractivity contribution in [2.45, 2.75) is 13.3 Å². The third-order valence-corrected chi connectivity index (χ3v) is 6.18. The van der Waals surface area contributed by atoms with Gasteiger partial charge >= 0.3 is 5.97 Å². The Kier molecular flexibility index (Phi) is 7.51. The van der Waals surface area contributed by atoms with E-state index in [1.807, 2.05) is 12.1 Å². The van der Waals surface area contributed by atoms with Gasteiger partial charge in [0.25, 0.3) is 5.91 Å². The zero-order valence-corrected chi connectivity index (χ0v) is 20.3. The first kappa shape index (κ1) is 24.5. The van der Waals surface area contributed by atoms with E-state index >= 15 is 0 Å². The number of aromatic nitrogens is 2. The molecule has 1 aliphatic rings. The molecule has 0 N–H and O–H groups in total. The minimum Gasteiger partial charge on any atom is -0.496 e. The quantitative estimate of drug-likeness (QED) is 0.431. The van der Waals surface area contributed by atoms with Gasteiger partial charge in [-0.25, -0.2) is 9.97 Å². The summed E-state index contributed by atoms with van der Waals surface area (Å²) in [4.78, 5) is 36.5. The van der Waals surface area contributed by atoms with Gasteiger partial charge in [-0.1, -0.05) is 23.7 Å². The molecule has 0 spiro atoms. The number of para-hydroxylation sites is 1. The van der Waals surface area contributed by atoms with E-state index in [-0.39, 0.29) is 25.7 Å². The highest BCUT2D eigenvalue weighted by Gasteiger charge is 2.48. The average molecular weight is 496 g/mol. The Labute approximate surface area is 208 Å². The highest BCUT2D eigenvalue weighted by atomic mass is 35.5. The molecule has 1 atom stereocenters. The number of amides is 1. The second-order valence-electron chi connectivity index (χ2n) is 8.22. The Morgan fingerprint density at radius 2 is 1.80 bits per heavy atom. The SMILES string of the molecule is CCOC(=O)C1(COc2cnc(-c3ccc(Cl)cc3)nc2)CCN(C(=O)c2ccccc2OC)C1. The number of methoxy groups -OCH3 is 1. The number of ether oxygens (including phenoxy) is 3. The van der Waals surface area contributed by atoms with Gasteiger partial charge in [0.1, 0.15) is 17.8 Å². The topological polar surface area (TPSA) is 90.9 Å². The number of carbonyl (C=O) groups excluding carboxylic acids is 2. The van der Waals surface area contributed by atoms with Crippen LogP contribution in [-0.4, -0.2) is 60.2 Å². The van der Waals surface area contributed by atoms with E-state index in [9.17, 15) is 9.59 Å². The number of halogens is 1. The van der Waals surface area contributed by atoms with E-state index in [2.05, 4.69) is 9.97 Å². The minimum atomic E-state index is -0.997. The first-order valence-corrected chi connectivity index (χ1v) is 11.6. The monoisotopic (exact) mass is 495 g/mol. The number of likely N-dealkylation sites (tertiary alicyclic amines) is 1. The van der Waals surface area contributed by atoms with Crippen LogP contribution in [0.15, 0.2) is 60.9 Å². The van der Waals surface area contributed by atoms with Crippen LogP contribution >= 0.6 is 11.6 Å². The van der Waals surface area contributed by atoms with E-state index < -0.39 is 11.4 Å². The zero-order chi connectivity index (χ0) is 24.8. The predicted molar refractivity (Wildman–Crippen MR) is 131 cm³/mol. The Bertz CT molecular complexity index is 1190. The molecule has 35 heavy (non-hydrogen) atoms. The van der Waals surface area contributed by atoms with Crippen LogP contribution in [0.4, 0.5) is 0 Å². The third kappa shape index (κ3) is 5.38. The summed E-state index contributed by atoms with van der Waals surface area (Å²) in [6, 6.07) is 14.2. The molecule has 1 unspecified atom stereocenters. The zero-order valence-electron chi connectivity index (χ0n) is 19.6. The van der Waals surface area contributed by atoms with Gasteiger partial charge in [0.15, 0.2) is 11.6 Å². The largest absolute Gasteiger partial charge is 0.496 e. The smallest absolute Gasteiger partial charge is 0.317 e. The lowest BCUT2D eigenvalue weighted by molar-refractivity contribution is -0.156. The maximum absolute atomic E-state index is 13.2. The summed E-state index contributed by atoms with van der Waals surface area (Å²) in [6.45, 7) is 2.59. The van der Waals surface area contributed by atoms with Gasteiger partial charge < -0.3 is 19.1 Å². The first-order valence-electron chi connectivity index (χ1n) is 11.3. The number of rotatable bonds is 8. The van der Waals surface area contributed by atoms with Gasteiger partial charge in [-0.15, -0.1) is 0 Å². The number of carbonyl (C=O) groups is 2. The fourth-order valence-corrected chi connectivity index (χ4v) is 4.15. The molecule has 0 bridgehead atoms. The summed E-state index contributed by atoms with van der Waals surface area (Å²) in [5, 5.41) is 0.632. The van der Waals surface area contributed by atoms with E-state index in [1.165, 1.54) is 7.11 Å². The van der Waals surface area contributed by atoms with Crippen molar-refractivity contribution in [1.82, 2.24) is 14.9 Å². The van der Waals surface area contributed by atoms with Crippen molar-refractivity contribution < 1.29 is 23.8 Å². The van der Waals surface area contributed by atoms with Crippen molar-refractivity contribution >= 4 is 23.5 Å². The maximum atomic E-state index is 13.2. The molecule has 2 heterocycles. The normalized spacial score (nSPS) is 17.2. The lowest BCUT2D eigenvalue weighted by Gasteiger charge is -2.27. The Balaban J connectivity index is 1.48. The molecule has 0 radical (unpaired) electrons. The van der Waals surface area contributed by atoms with Crippen LogP contribution in [0.25, 0.3) is 11.4 Å². The van der Waals surface area contributed by atoms with E-state index in [0.29, 0.717) is 40.9 Å². The minimum absolute atomic E-state index is 0.0329. The molecule has 0 saturated carbocycles. The third-order valence-electron chi connectivity index (χ3n) is 5.93. The highest BCUT2D eigenvalue weighted by Crippen LogP contribution is 2.35. The molecule has 4 rings (SSSR count). The van der Waals surface area contributed by atoms with Gasteiger partial charge in [-0.3, -0.25) is 9.59 Å². The molecule has 9 heteroatoms. The fraction of sp³-hybridized carbons (Fsp3) is 0.308. The summed E-state index contributed by atoms with van der Waals surface area (Å²) in [6.07, 6.45) is 3.53. The molecule has 0 aliphatic carbocycles. The number of benzene rings is 2. The van der Waals surface area contributed by atoms with E-state index in [1.54, 1.807) is 60.6 Å². The molecule has 182 valence electrons. The van der Waals surface area contributed by atoms with Crippen molar-refractivity contribution in [1.29, 1.82) is 0 Å². The standard InChI is InChI=1S/C26H26ClN3O5/c1-3-34-25(32)26(12-13-30(16-26)24(31)21-6-4-5-7-22(21)33-2)17-35-20-14-28-23(29-15-20)18-8-10-19(27)11-9-18/h4-11,14-15H,3,12-13,16-17H2,1-2H3. The van der Waals surface area contributed by atoms with Crippen LogP contribution in [0.1, 0.15) is 23.7 Å². The van der Waals surface area contributed by atoms with Crippen LogP contribution in [0.3, 0.4) is 0 Å². The number of hydrogen-bond acceptors (Lipinski definition) is 7. The number of nitrogens with zero attached hydrogens (tertiary/aromatic N) is 3. The van der Waals surface area contributed by atoms with Gasteiger partial charge in [0, 0.05) is 23.7 Å². The highest BCUT2D eigenvalue weighted by molar-refractivity contribution is 6.30. The van der Waals surface area contributed by atoms with Gasteiger partial charge in [-0.05, 0) is 49.7 Å². The lowest BCUT2D eigenvalue weighted by atomic mass is 9.88. The second-order valence-corrected chi connectivity index (χ2v) is 8.65. The predicted octanol–water partition coefficient (Wildman–Crippen LogP) is 4.28. The molecule has 1 amide bonds. The lowest BCUT2D eigenvalue weighted by Crippen LogP contribution is -2.42. The van der Waals surface area contributed by atoms with E-state index in [4.69, 9.17) is 25.8 Å². The van der Waals surface area contributed by atoms with Gasteiger partial charge in [0.05, 0.1) is 31.7 Å². The Morgan fingerprint density at radius 1 is 1.09 bits per heavy atom. The molecule has 1 aromatic heterocycles. The second kappa shape index (κ2) is 10.7. The number of hydrogen-bond donors (Lipinski definition) is 0. The Hall–Kier alpha value is -3.65. The summed E-state index contributed by atoms with van der Waals surface area (Å²) in [7, 11) is 1.52. The first-order chi connectivity index (χ1) is 17.0. The van der Waals surface area contributed by atoms with Crippen LogP contribution in [-0.2, 0) is 9.53 Å². The Morgan fingerprint density at radius 3 is 2.49 bits per heavy atom. The van der Waals surface area contributed by atoms with E-state index in [0.717, 1.165) is 5.56 Å². The molecular weight excluding hydrogens is 470 g/mol. The van der Waals surface area contributed by atoms with Crippen LogP contribution < -0.4 is 9.47 Å². The number of esters is 1. The maximum Gasteiger partial charge on any atom is 0.317 e. The van der Waals surface area contributed by atoms with Crippen molar-refractivity contribution in [3.63, 3.8) is 0 Å². The molecular formula is C26H26ClN3O5. The molecule has 1 fully saturated rings. The molecule has 8 nitrogen and oxygen atoms in total. The fourth-order valence-electron chi connectivity index (χ4n) is 4.03. The summed E-state index contributed by atoms with van der Waals surface area (Å²) in [5.41, 5.74) is 0.273. The van der Waals surface area contributed by atoms with Crippen molar-refractivity contribution in [2.75, 3.05) is 33.4 Å². The van der Waals surface area contributed by atoms with Crippen LogP contribution in [0.5, 0.6) is 11.5 Å². The van der Waals surface area contributed by atoms with Crippen molar-refractivity contribution in [2.24, 2.45) is 5.41 Å². The summed E-state index contributed by atoms with van der Waals surface area (Å²) in [5.74, 6) is 0.836. The van der Waals surface area contributed by atoms with Gasteiger partial charge in [-0.2, -0.15) is 0 Å². The van der Waals surface area contributed by atoms with Crippen LogP contribution in [0.2, 0.25) is 5.02 Å². The van der Waals surface area contributed by atoms with Crippen LogP contribution in [0, 0.1) is 5.41 Å². The average Bonchev–Trinajstić information content (AvgIpc) is 3.34. The summed E-state index contributed by atoms with van der Waals surface area (Å²) < 4.78 is 16.6. The van der Waals surface area contributed by atoms with Crippen molar-refractivity contribution in [3.8, 4) is 22.9 Å². The van der Waals surface area contributed by atoms with Crippen molar-refractivity contribution in [3.05, 3.63) is 71.5 Å².